The summed E-state index contributed by atoms with van der Waals surface area (Å²) in [5.74, 6) is 0.112. The van der Waals surface area contributed by atoms with Crippen molar-refractivity contribution in [3.8, 4) is 0 Å². The average Bonchev–Trinajstić information content (AvgIpc) is 2.79. The van der Waals surface area contributed by atoms with Crippen LogP contribution in [0.1, 0.15) is 48.0 Å². The van der Waals surface area contributed by atoms with Crippen LogP contribution in [0.15, 0.2) is 66.9 Å². The van der Waals surface area contributed by atoms with Crippen LogP contribution in [0.5, 0.6) is 0 Å². The Labute approximate surface area is 171 Å². The van der Waals surface area contributed by atoms with Crippen LogP contribution in [-0.4, -0.2) is 33.5 Å². The highest BCUT2D eigenvalue weighted by Gasteiger charge is 2.50. The zero-order valence-corrected chi connectivity index (χ0v) is 16.5. The predicted molar refractivity (Wildman–Crippen MR) is 113 cm³/mol. The van der Waals surface area contributed by atoms with Gasteiger partial charge in [-0.3, -0.25) is 9.78 Å². The lowest BCUT2D eigenvalue weighted by molar-refractivity contribution is -0.110. The van der Waals surface area contributed by atoms with E-state index in [0.29, 0.717) is 18.5 Å². The van der Waals surface area contributed by atoms with E-state index >= 15 is 0 Å². The van der Waals surface area contributed by atoms with Gasteiger partial charge in [-0.05, 0) is 37.0 Å². The number of carbonyl (C=O) groups is 1. The minimum absolute atomic E-state index is 0.0429. The Morgan fingerprint density at radius 1 is 1.00 bits per heavy atom. The summed E-state index contributed by atoms with van der Waals surface area (Å²) in [5, 5.41) is 12.7. The SMILES string of the molecule is O=C(c1cccc2cccnc12)N1CCC(O)(c2ccccc2)C2CCCCC21. The number of para-hydroxylation sites is 1. The number of hydrogen-bond acceptors (Lipinski definition) is 3. The van der Waals surface area contributed by atoms with Gasteiger partial charge in [0.25, 0.3) is 5.91 Å². The second-order valence-electron chi connectivity index (χ2n) is 8.38. The number of aliphatic hydroxyl groups is 1. The van der Waals surface area contributed by atoms with Gasteiger partial charge in [-0.2, -0.15) is 0 Å². The Kier molecular flexibility index (Phi) is 4.59. The molecule has 148 valence electrons. The third-order valence-electron chi connectivity index (χ3n) is 6.87. The van der Waals surface area contributed by atoms with Gasteiger partial charge in [0.05, 0.1) is 16.7 Å². The highest BCUT2D eigenvalue weighted by molar-refractivity contribution is 6.05. The molecule has 3 aromatic rings. The molecule has 1 saturated carbocycles. The van der Waals surface area contributed by atoms with E-state index in [0.717, 1.165) is 42.1 Å². The summed E-state index contributed by atoms with van der Waals surface area (Å²) < 4.78 is 0. The molecule has 4 heteroatoms. The van der Waals surface area contributed by atoms with E-state index in [9.17, 15) is 9.90 Å². The number of rotatable bonds is 2. The van der Waals surface area contributed by atoms with Crippen molar-refractivity contribution in [2.24, 2.45) is 5.92 Å². The van der Waals surface area contributed by atoms with Crippen molar-refractivity contribution in [2.75, 3.05) is 6.54 Å². The molecule has 0 bridgehead atoms. The van der Waals surface area contributed by atoms with Gasteiger partial charge in [0.2, 0.25) is 0 Å². The van der Waals surface area contributed by atoms with Crippen molar-refractivity contribution in [1.82, 2.24) is 9.88 Å². The molecule has 1 N–H and O–H groups in total. The quantitative estimate of drug-likeness (QED) is 0.704. The molecule has 2 aliphatic rings. The number of likely N-dealkylation sites (tertiary alicyclic amines) is 1. The Morgan fingerprint density at radius 3 is 2.66 bits per heavy atom. The molecule has 4 nitrogen and oxygen atoms in total. The summed E-state index contributed by atoms with van der Waals surface area (Å²) >= 11 is 0. The molecule has 0 spiro atoms. The Hall–Kier alpha value is -2.72. The van der Waals surface area contributed by atoms with Crippen molar-refractivity contribution >= 4 is 16.8 Å². The number of amides is 1. The number of nitrogens with zero attached hydrogens (tertiary/aromatic N) is 2. The smallest absolute Gasteiger partial charge is 0.256 e. The van der Waals surface area contributed by atoms with Gasteiger partial charge in [-0.15, -0.1) is 0 Å². The van der Waals surface area contributed by atoms with E-state index in [1.807, 2.05) is 65.6 Å². The first kappa shape index (κ1) is 18.3. The number of benzene rings is 2. The lowest BCUT2D eigenvalue weighted by Crippen LogP contribution is -2.59. The molecule has 2 heterocycles. The number of carbonyl (C=O) groups excluding carboxylic acids is 1. The van der Waals surface area contributed by atoms with Crippen LogP contribution in [0.4, 0.5) is 0 Å². The van der Waals surface area contributed by atoms with Crippen molar-refractivity contribution in [2.45, 2.75) is 43.7 Å². The highest BCUT2D eigenvalue weighted by atomic mass is 16.3. The van der Waals surface area contributed by atoms with E-state index in [4.69, 9.17) is 0 Å². The summed E-state index contributed by atoms with van der Waals surface area (Å²) in [6, 6.07) is 19.8. The minimum atomic E-state index is -0.861. The number of hydrogen-bond donors (Lipinski definition) is 1. The first-order valence-corrected chi connectivity index (χ1v) is 10.6. The van der Waals surface area contributed by atoms with Crippen molar-refractivity contribution in [3.63, 3.8) is 0 Å². The van der Waals surface area contributed by atoms with Gasteiger partial charge in [-0.25, -0.2) is 0 Å². The molecule has 2 fully saturated rings. The molecule has 1 saturated heterocycles. The second kappa shape index (κ2) is 7.27. The molecule has 2 aromatic carbocycles. The van der Waals surface area contributed by atoms with E-state index in [-0.39, 0.29) is 17.9 Å². The van der Waals surface area contributed by atoms with Gasteiger partial charge < -0.3 is 10.0 Å². The van der Waals surface area contributed by atoms with E-state index in [1.54, 1.807) is 6.20 Å². The van der Waals surface area contributed by atoms with Crippen LogP contribution in [-0.2, 0) is 5.60 Å². The molecule has 29 heavy (non-hydrogen) atoms. The maximum atomic E-state index is 13.6. The molecule has 1 aliphatic carbocycles. The van der Waals surface area contributed by atoms with Gasteiger partial charge in [0.1, 0.15) is 0 Å². The second-order valence-corrected chi connectivity index (χ2v) is 8.38. The fourth-order valence-electron chi connectivity index (χ4n) is 5.45. The van der Waals surface area contributed by atoms with Gasteiger partial charge >= 0.3 is 0 Å². The zero-order valence-electron chi connectivity index (χ0n) is 16.5. The van der Waals surface area contributed by atoms with Gasteiger partial charge in [0.15, 0.2) is 0 Å². The van der Waals surface area contributed by atoms with Crippen molar-refractivity contribution < 1.29 is 9.90 Å². The van der Waals surface area contributed by atoms with Crippen LogP contribution in [0.3, 0.4) is 0 Å². The number of aromatic nitrogens is 1. The minimum Gasteiger partial charge on any atom is -0.385 e. The van der Waals surface area contributed by atoms with E-state index < -0.39 is 5.60 Å². The van der Waals surface area contributed by atoms with Crippen LogP contribution in [0.25, 0.3) is 10.9 Å². The molecule has 3 unspecified atom stereocenters. The van der Waals surface area contributed by atoms with Crippen LogP contribution in [0, 0.1) is 5.92 Å². The summed E-state index contributed by atoms with van der Waals surface area (Å²) in [5.41, 5.74) is 1.55. The molecular formula is C25H26N2O2. The van der Waals surface area contributed by atoms with Crippen molar-refractivity contribution in [1.29, 1.82) is 0 Å². The molecule has 5 rings (SSSR count). The van der Waals surface area contributed by atoms with E-state index in [2.05, 4.69) is 4.98 Å². The largest absolute Gasteiger partial charge is 0.385 e. The van der Waals surface area contributed by atoms with Crippen LogP contribution >= 0.6 is 0 Å². The van der Waals surface area contributed by atoms with Crippen molar-refractivity contribution in [3.05, 3.63) is 78.0 Å². The summed E-state index contributed by atoms with van der Waals surface area (Å²) in [4.78, 5) is 20.1. The molecule has 1 aliphatic heterocycles. The molecular weight excluding hydrogens is 360 g/mol. The molecule has 1 aromatic heterocycles. The topological polar surface area (TPSA) is 53.4 Å². The normalized spacial score (nSPS) is 26.9. The van der Waals surface area contributed by atoms with E-state index in [1.165, 1.54) is 0 Å². The third-order valence-corrected chi connectivity index (χ3v) is 6.87. The predicted octanol–water partition coefficient (Wildman–Crippen LogP) is 4.53. The lowest BCUT2D eigenvalue weighted by Gasteiger charge is -2.52. The number of fused-ring (bicyclic) bond motifs is 2. The lowest BCUT2D eigenvalue weighted by atomic mass is 9.66. The van der Waals surface area contributed by atoms with Gasteiger partial charge in [-0.1, -0.05) is 61.4 Å². The first-order valence-electron chi connectivity index (χ1n) is 10.6. The van der Waals surface area contributed by atoms with Crippen LogP contribution < -0.4 is 0 Å². The van der Waals surface area contributed by atoms with Crippen LogP contribution in [0.2, 0.25) is 0 Å². The fraction of sp³-hybridized carbons (Fsp3) is 0.360. The Balaban J connectivity index is 1.52. The molecule has 0 radical (unpaired) electrons. The summed E-state index contributed by atoms with van der Waals surface area (Å²) in [7, 11) is 0. The maximum absolute atomic E-state index is 13.6. The monoisotopic (exact) mass is 386 g/mol. The highest BCUT2D eigenvalue weighted by Crippen LogP contribution is 2.47. The molecule has 1 amide bonds. The maximum Gasteiger partial charge on any atom is 0.256 e. The number of pyridine rings is 1. The number of piperidine rings is 1. The third kappa shape index (κ3) is 3.03. The Morgan fingerprint density at radius 2 is 1.79 bits per heavy atom. The van der Waals surface area contributed by atoms with Gasteiger partial charge in [0, 0.05) is 30.1 Å². The fourth-order valence-corrected chi connectivity index (χ4v) is 5.45. The molecule has 3 atom stereocenters. The zero-order chi connectivity index (χ0) is 19.8. The standard InChI is InChI=1S/C25H26N2O2/c28-24(20-12-6-8-18-9-7-16-26-23(18)20)27-17-15-25(29,19-10-2-1-3-11-19)21-13-4-5-14-22(21)27/h1-3,6-12,16,21-22,29H,4-5,13-15,17H2. The first-order chi connectivity index (χ1) is 14.2. The summed E-state index contributed by atoms with van der Waals surface area (Å²) in [6.45, 7) is 0.564. The Bertz CT molecular complexity index is 1030. The average molecular weight is 386 g/mol. The summed E-state index contributed by atoms with van der Waals surface area (Å²) in [6.07, 6.45) is 6.42.